The molecule has 3 aromatic carbocycles. The second-order valence-electron chi connectivity index (χ2n) is 5.64. The average molecular weight is 374 g/mol. The van der Waals surface area contributed by atoms with Crippen molar-refractivity contribution in [2.24, 2.45) is 0 Å². The summed E-state index contributed by atoms with van der Waals surface area (Å²) >= 11 is 12.1. The number of rotatable bonds is 5. The van der Waals surface area contributed by atoms with Crippen molar-refractivity contribution >= 4 is 45.6 Å². The molecule has 25 heavy (non-hydrogen) atoms. The van der Waals surface area contributed by atoms with Crippen molar-refractivity contribution in [3.05, 3.63) is 70.7 Å². The molecule has 0 bridgehead atoms. The lowest BCUT2D eigenvalue weighted by atomic mass is 10.1. The molecule has 1 atom stereocenters. The molecule has 0 saturated heterocycles. The van der Waals surface area contributed by atoms with Crippen LogP contribution < -0.4 is 10.1 Å². The van der Waals surface area contributed by atoms with Crippen LogP contribution in [0.4, 0.5) is 5.69 Å². The molecule has 0 aliphatic rings. The highest BCUT2D eigenvalue weighted by molar-refractivity contribution is 6.35. The molecule has 5 heteroatoms. The molecule has 1 amide bonds. The fourth-order valence-corrected chi connectivity index (χ4v) is 2.87. The molecule has 0 aromatic heterocycles. The van der Waals surface area contributed by atoms with E-state index in [2.05, 4.69) is 5.32 Å². The number of carbonyl (C=O) groups is 1. The molecule has 3 nitrogen and oxygen atoms in total. The standard InChI is InChI=1S/C20H17Cl2NO2/c1-2-19(20(24)23-18-12-15(21)8-10-17(18)22)25-16-9-7-13-5-3-4-6-14(13)11-16/h3-12,19H,2H2,1H3,(H,23,24). The summed E-state index contributed by atoms with van der Waals surface area (Å²) in [6, 6.07) is 18.7. The van der Waals surface area contributed by atoms with Crippen LogP contribution in [0.15, 0.2) is 60.7 Å². The number of ether oxygens (including phenoxy) is 1. The van der Waals surface area contributed by atoms with Crippen molar-refractivity contribution < 1.29 is 9.53 Å². The van der Waals surface area contributed by atoms with Gasteiger partial charge in [0.2, 0.25) is 0 Å². The Bertz CT molecular complexity index is 911. The summed E-state index contributed by atoms with van der Waals surface area (Å²) in [6.45, 7) is 1.89. The van der Waals surface area contributed by atoms with E-state index in [1.54, 1.807) is 18.2 Å². The van der Waals surface area contributed by atoms with Crippen molar-refractivity contribution in [1.29, 1.82) is 0 Å². The molecule has 0 heterocycles. The van der Waals surface area contributed by atoms with Gasteiger partial charge in [0, 0.05) is 5.02 Å². The number of anilines is 1. The summed E-state index contributed by atoms with van der Waals surface area (Å²) in [7, 11) is 0. The molecule has 3 rings (SSSR count). The predicted molar refractivity (Wildman–Crippen MR) is 104 cm³/mol. The summed E-state index contributed by atoms with van der Waals surface area (Å²) in [4.78, 5) is 12.5. The van der Waals surface area contributed by atoms with Crippen LogP contribution in [-0.2, 0) is 4.79 Å². The first-order valence-corrected chi connectivity index (χ1v) is 8.74. The van der Waals surface area contributed by atoms with Crippen molar-refractivity contribution in [1.82, 2.24) is 0 Å². The second kappa shape index (κ2) is 7.77. The maximum absolute atomic E-state index is 12.5. The predicted octanol–water partition coefficient (Wildman–Crippen LogP) is 5.94. The van der Waals surface area contributed by atoms with Crippen LogP contribution in [0.25, 0.3) is 10.8 Å². The summed E-state index contributed by atoms with van der Waals surface area (Å²) in [5.41, 5.74) is 0.472. The van der Waals surface area contributed by atoms with Gasteiger partial charge in [0.1, 0.15) is 5.75 Å². The first-order valence-electron chi connectivity index (χ1n) is 7.98. The van der Waals surface area contributed by atoms with Gasteiger partial charge in [-0.05, 0) is 47.5 Å². The SMILES string of the molecule is CCC(Oc1ccc2ccccc2c1)C(=O)Nc1cc(Cl)ccc1Cl. The maximum Gasteiger partial charge on any atom is 0.265 e. The Morgan fingerprint density at radius 2 is 1.80 bits per heavy atom. The first kappa shape index (κ1) is 17.6. The largest absolute Gasteiger partial charge is 0.481 e. The van der Waals surface area contributed by atoms with Crippen LogP contribution >= 0.6 is 23.2 Å². The smallest absolute Gasteiger partial charge is 0.265 e. The Morgan fingerprint density at radius 1 is 1.04 bits per heavy atom. The second-order valence-corrected chi connectivity index (χ2v) is 6.48. The van der Waals surface area contributed by atoms with Gasteiger partial charge in [-0.2, -0.15) is 0 Å². The molecular weight excluding hydrogens is 357 g/mol. The zero-order valence-electron chi connectivity index (χ0n) is 13.6. The van der Waals surface area contributed by atoms with E-state index >= 15 is 0 Å². The van der Waals surface area contributed by atoms with Crippen LogP contribution in [0.5, 0.6) is 5.75 Å². The summed E-state index contributed by atoms with van der Waals surface area (Å²) < 4.78 is 5.89. The van der Waals surface area contributed by atoms with Crippen molar-refractivity contribution in [3.63, 3.8) is 0 Å². The summed E-state index contributed by atoms with van der Waals surface area (Å²) in [5, 5.41) is 5.90. The first-order chi connectivity index (χ1) is 12.1. The maximum atomic E-state index is 12.5. The van der Waals surface area contributed by atoms with Crippen molar-refractivity contribution in [3.8, 4) is 5.75 Å². The molecule has 3 aromatic rings. The summed E-state index contributed by atoms with van der Waals surface area (Å²) in [6.07, 6.45) is -0.104. The number of benzene rings is 3. The highest BCUT2D eigenvalue weighted by Gasteiger charge is 2.19. The van der Waals surface area contributed by atoms with Gasteiger partial charge in [0.05, 0.1) is 10.7 Å². The van der Waals surface area contributed by atoms with Crippen LogP contribution in [0, 0.1) is 0 Å². The van der Waals surface area contributed by atoms with Crippen LogP contribution in [-0.4, -0.2) is 12.0 Å². The fourth-order valence-electron chi connectivity index (χ4n) is 2.53. The van der Waals surface area contributed by atoms with Gasteiger partial charge in [0.25, 0.3) is 5.91 Å². The minimum atomic E-state index is -0.629. The van der Waals surface area contributed by atoms with Gasteiger partial charge < -0.3 is 10.1 Å². The minimum Gasteiger partial charge on any atom is -0.481 e. The average Bonchev–Trinajstić information content (AvgIpc) is 2.62. The number of hydrogen-bond donors (Lipinski definition) is 1. The zero-order chi connectivity index (χ0) is 17.8. The van der Waals surface area contributed by atoms with E-state index in [9.17, 15) is 4.79 Å². The molecule has 0 radical (unpaired) electrons. The molecule has 1 unspecified atom stereocenters. The van der Waals surface area contributed by atoms with Gasteiger partial charge in [-0.15, -0.1) is 0 Å². The molecule has 128 valence electrons. The van der Waals surface area contributed by atoms with Gasteiger partial charge >= 0.3 is 0 Å². The molecule has 0 fully saturated rings. The third-order valence-corrected chi connectivity index (χ3v) is 4.41. The van der Waals surface area contributed by atoms with E-state index in [1.165, 1.54) is 0 Å². The molecular formula is C20H17Cl2NO2. The highest BCUT2D eigenvalue weighted by atomic mass is 35.5. The van der Waals surface area contributed by atoms with E-state index < -0.39 is 6.10 Å². The van der Waals surface area contributed by atoms with Gasteiger partial charge in [-0.1, -0.05) is 60.5 Å². The van der Waals surface area contributed by atoms with Gasteiger partial charge in [-0.3, -0.25) is 4.79 Å². The number of carbonyl (C=O) groups excluding carboxylic acids is 1. The third-order valence-electron chi connectivity index (χ3n) is 3.85. The molecule has 1 N–H and O–H groups in total. The topological polar surface area (TPSA) is 38.3 Å². The molecule has 0 aliphatic heterocycles. The lowest BCUT2D eigenvalue weighted by Gasteiger charge is -2.18. The van der Waals surface area contributed by atoms with Gasteiger partial charge in [0.15, 0.2) is 6.10 Å². The Hall–Kier alpha value is -2.23. The van der Waals surface area contributed by atoms with E-state index in [-0.39, 0.29) is 5.91 Å². The minimum absolute atomic E-state index is 0.264. The third kappa shape index (κ3) is 4.25. The highest BCUT2D eigenvalue weighted by Crippen LogP contribution is 2.26. The molecule has 0 spiro atoms. The Labute approximate surface area is 156 Å². The van der Waals surface area contributed by atoms with E-state index in [1.807, 2.05) is 49.4 Å². The Morgan fingerprint density at radius 3 is 2.56 bits per heavy atom. The summed E-state index contributed by atoms with van der Waals surface area (Å²) in [5.74, 6) is 0.387. The van der Waals surface area contributed by atoms with E-state index in [0.29, 0.717) is 27.9 Å². The monoisotopic (exact) mass is 373 g/mol. The number of hydrogen-bond acceptors (Lipinski definition) is 2. The van der Waals surface area contributed by atoms with Crippen molar-refractivity contribution in [2.75, 3.05) is 5.32 Å². The van der Waals surface area contributed by atoms with Crippen LogP contribution in [0.2, 0.25) is 10.0 Å². The van der Waals surface area contributed by atoms with E-state index in [4.69, 9.17) is 27.9 Å². The van der Waals surface area contributed by atoms with Crippen LogP contribution in [0.1, 0.15) is 13.3 Å². The number of nitrogens with one attached hydrogen (secondary N) is 1. The lowest BCUT2D eigenvalue weighted by molar-refractivity contribution is -0.122. The zero-order valence-corrected chi connectivity index (χ0v) is 15.1. The van der Waals surface area contributed by atoms with Gasteiger partial charge in [-0.25, -0.2) is 0 Å². The number of halogens is 2. The Kier molecular flexibility index (Phi) is 5.47. The molecule has 0 saturated carbocycles. The lowest BCUT2D eigenvalue weighted by Crippen LogP contribution is -2.32. The quantitative estimate of drug-likeness (QED) is 0.600. The normalized spacial score (nSPS) is 12.0. The number of amides is 1. The Balaban J connectivity index is 1.76. The molecule has 0 aliphatic carbocycles. The number of fused-ring (bicyclic) bond motifs is 1. The van der Waals surface area contributed by atoms with E-state index in [0.717, 1.165) is 10.8 Å². The van der Waals surface area contributed by atoms with Crippen molar-refractivity contribution in [2.45, 2.75) is 19.4 Å². The van der Waals surface area contributed by atoms with Crippen LogP contribution in [0.3, 0.4) is 0 Å². The fraction of sp³-hybridized carbons (Fsp3) is 0.150.